The van der Waals surface area contributed by atoms with Gasteiger partial charge in [0.2, 0.25) is 0 Å². The zero-order valence-corrected chi connectivity index (χ0v) is 12.5. The van der Waals surface area contributed by atoms with Gasteiger partial charge in [0.05, 0.1) is 0 Å². The lowest BCUT2D eigenvalue weighted by Gasteiger charge is -2.33. The van der Waals surface area contributed by atoms with E-state index in [1.54, 1.807) is 0 Å². The summed E-state index contributed by atoms with van der Waals surface area (Å²) in [7, 11) is 0. The molecule has 0 aromatic carbocycles. The van der Waals surface area contributed by atoms with E-state index in [9.17, 15) is 0 Å². The SMILES string of the molecule is CC(C)N1CCC(NCC(C)N2CCCCC2)C1. The van der Waals surface area contributed by atoms with Gasteiger partial charge in [-0.05, 0) is 59.7 Å². The van der Waals surface area contributed by atoms with Crippen LogP contribution in [0.15, 0.2) is 0 Å². The average Bonchev–Trinajstić information content (AvgIpc) is 2.86. The molecule has 3 heteroatoms. The maximum absolute atomic E-state index is 3.78. The second-order valence-electron chi connectivity index (χ2n) is 6.43. The highest BCUT2D eigenvalue weighted by Crippen LogP contribution is 2.14. The van der Waals surface area contributed by atoms with Crippen molar-refractivity contribution < 1.29 is 0 Å². The Morgan fingerprint density at radius 3 is 2.33 bits per heavy atom. The van der Waals surface area contributed by atoms with Crippen LogP contribution in [-0.4, -0.2) is 60.6 Å². The van der Waals surface area contributed by atoms with Gasteiger partial charge in [0.15, 0.2) is 0 Å². The summed E-state index contributed by atoms with van der Waals surface area (Å²) in [6, 6.07) is 2.13. The van der Waals surface area contributed by atoms with Crippen LogP contribution in [-0.2, 0) is 0 Å². The van der Waals surface area contributed by atoms with Crippen molar-refractivity contribution in [3.8, 4) is 0 Å². The molecule has 1 N–H and O–H groups in total. The molecule has 2 atom stereocenters. The molecular formula is C15H31N3. The normalized spacial score (nSPS) is 29.0. The summed E-state index contributed by atoms with van der Waals surface area (Å²) in [5, 5.41) is 3.78. The van der Waals surface area contributed by atoms with E-state index in [0.717, 1.165) is 12.6 Å². The summed E-state index contributed by atoms with van der Waals surface area (Å²) >= 11 is 0. The minimum Gasteiger partial charge on any atom is -0.311 e. The molecule has 3 nitrogen and oxygen atoms in total. The van der Waals surface area contributed by atoms with Crippen LogP contribution >= 0.6 is 0 Å². The zero-order valence-electron chi connectivity index (χ0n) is 12.5. The molecule has 0 radical (unpaired) electrons. The van der Waals surface area contributed by atoms with Gasteiger partial charge in [-0.1, -0.05) is 6.42 Å². The third-order valence-corrected chi connectivity index (χ3v) is 4.67. The highest BCUT2D eigenvalue weighted by Gasteiger charge is 2.24. The maximum atomic E-state index is 3.78. The van der Waals surface area contributed by atoms with Crippen LogP contribution in [0.1, 0.15) is 46.5 Å². The molecule has 18 heavy (non-hydrogen) atoms. The van der Waals surface area contributed by atoms with E-state index in [-0.39, 0.29) is 0 Å². The Hall–Kier alpha value is -0.120. The fourth-order valence-electron chi connectivity index (χ4n) is 3.25. The standard InChI is InChI=1S/C15H31N3/c1-13(2)18-10-7-15(12-18)16-11-14(3)17-8-5-4-6-9-17/h13-16H,4-12H2,1-3H3. The van der Waals surface area contributed by atoms with Crippen molar-refractivity contribution in [3.63, 3.8) is 0 Å². The Labute approximate surface area is 113 Å². The number of rotatable bonds is 5. The number of hydrogen-bond acceptors (Lipinski definition) is 3. The third kappa shape index (κ3) is 3.94. The van der Waals surface area contributed by atoms with Gasteiger partial charge in [-0.25, -0.2) is 0 Å². The van der Waals surface area contributed by atoms with Crippen LogP contribution < -0.4 is 5.32 Å². The monoisotopic (exact) mass is 253 g/mol. The van der Waals surface area contributed by atoms with Gasteiger partial charge in [-0.3, -0.25) is 9.80 Å². The minimum absolute atomic E-state index is 0.705. The first-order valence-electron chi connectivity index (χ1n) is 7.88. The van der Waals surface area contributed by atoms with E-state index in [1.807, 2.05) is 0 Å². The summed E-state index contributed by atoms with van der Waals surface area (Å²) in [4.78, 5) is 5.24. The molecule has 2 fully saturated rings. The second kappa shape index (κ2) is 6.88. The smallest absolute Gasteiger partial charge is 0.0207 e. The van der Waals surface area contributed by atoms with Crippen molar-refractivity contribution >= 4 is 0 Å². The Bertz CT molecular complexity index is 236. The van der Waals surface area contributed by atoms with E-state index >= 15 is 0 Å². The number of nitrogens with one attached hydrogen (secondary N) is 1. The van der Waals surface area contributed by atoms with E-state index in [1.165, 1.54) is 51.9 Å². The molecular weight excluding hydrogens is 222 g/mol. The Kier molecular flexibility index (Phi) is 5.46. The first-order valence-corrected chi connectivity index (χ1v) is 7.88. The van der Waals surface area contributed by atoms with Crippen molar-refractivity contribution in [2.24, 2.45) is 0 Å². The maximum Gasteiger partial charge on any atom is 0.0207 e. The quantitative estimate of drug-likeness (QED) is 0.808. The number of hydrogen-bond donors (Lipinski definition) is 1. The predicted molar refractivity (Wildman–Crippen MR) is 78.0 cm³/mol. The zero-order chi connectivity index (χ0) is 13.0. The topological polar surface area (TPSA) is 18.5 Å². The lowest BCUT2D eigenvalue weighted by Crippen LogP contribution is -2.46. The molecule has 0 bridgehead atoms. The van der Waals surface area contributed by atoms with Crippen LogP contribution in [0.3, 0.4) is 0 Å². The van der Waals surface area contributed by atoms with Gasteiger partial charge >= 0.3 is 0 Å². The number of piperidine rings is 1. The summed E-state index contributed by atoms with van der Waals surface area (Å²) in [6.45, 7) is 13.3. The summed E-state index contributed by atoms with van der Waals surface area (Å²) in [5.41, 5.74) is 0. The highest BCUT2D eigenvalue weighted by atomic mass is 15.2. The first kappa shape index (κ1) is 14.3. The predicted octanol–water partition coefficient (Wildman–Crippen LogP) is 1.93. The van der Waals surface area contributed by atoms with Gasteiger partial charge in [0.1, 0.15) is 0 Å². The number of nitrogens with zero attached hydrogens (tertiary/aromatic N) is 2. The van der Waals surface area contributed by atoms with Gasteiger partial charge in [-0.2, -0.15) is 0 Å². The van der Waals surface area contributed by atoms with Crippen LogP contribution in [0.25, 0.3) is 0 Å². The largest absolute Gasteiger partial charge is 0.311 e. The molecule has 2 aliphatic heterocycles. The Morgan fingerprint density at radius 1 is 1.00 bits per heavy atom. The molecule has 0 aromatic rings. The molecule has 2 aliphatic rings. The number of likely N-dealkylation sites (tertiary alicyclic amines) is 2. The molecule has 0 saturated carbocycles. The Balaban J connectivity index is 1.65. The minimum atomic E-state index is 0.705. The summed E-state index contributed by atoms with van der Waals surface area (Å²) < 4.78 is 0. The van der Waals surface area contributed by atoms with E-state index in [2.05, 4.69) is 35.9 Å². The Morgan fingerprint density at radius 2 is 1.72 bits per heavy atom. The van der Waals surface area contributed by atoms with Gasteiger partial charge in [0, 0.05) is 31.2 Å². The van der Waals surface area contributed by atoms with Crippen molar-refractivity contribution in [1.29, 1.82) is 0 Å². The van der Waals surface area contributed by atoms with Crippen molar-refractivity contribution in [1.82, 2.24) is 15.1 Å². The molecule has 2 rings (SSSR count). The van der Waals surface area contributed by atoms with Crippen LogP contribution in [0.2, 0.25) is 0 Å². The molecule has 2 heterocycles. The average molecular weight is 253 g/mol. The lowest BCUT2D eigenvalue weighted by atomic mass is 10.1. The summed E-state index contributed by atoms with van der Waals surface area (Å²) in [6.07, 6.45) is 5.55. The third-order valence-electron chi connectivity index (χ3n) is 4.67. The van der Waals surface area contributed by atoms with Crippen molar-refractivity contribution in [2.75, 3.05) is 32.7 Å². The van der Waals surface area contributed by atoms with Gasteiger partial charge < -0.3 is 5.32 Å². The first-order chi connectivity index (χ1) is 8.66. The highest BCUT2D eigenvalue weighted by molar-refractivity contribution is 4.84. The van der Waals surface area contributed by atoms with E-state index < -0.39 is 0 Å². The van der Waals surface area contributed by atoms with Crippen molar-refractivity contribution in [2.45, 2.75) is 64.6 Å². The fraction of sp³-hybridized carbons (Fsp3) is 1.00. The van der Waals surface area contributed by atoms with E-state index in [0.29, 0.717) is 12.1 Å². The van der Waals surface area contributed by atoms with Gasteiger partial charge in [0.25, 0.3) is 0 Å². The van der Waals surface area contributed by atoms with E-state index in [4.69, 9.17) is 0 Å². The van der Waals surface area contributed by atoms with Crippen LogP contribution in [0.5, 0.6) is 0 Å². The summed E-state index contributed by atoms with van der Waals surface area (Å²) in [5.74, 6) is 0. The van der Waals surface area contributed by atoms with Gasteiger partial charge in [-0.15, -0.1) is 0 Å². The molecule has 2 saturated heterocycles. The molecule has 0 spiro atoms. The molecule has 0 aromatic heterocycles. The molecule has 2 unspecified atom stereocenters. The van der Waals surface area contributed by atoms with Crippen molar-refractivity contribution in [3.05, 3.63) is 0 Å². The van der Waals surface area contributed by atoms with Crippen LogP contribution in [0.4, 0.5) is 0 Å². The van der Waals surface area contributed by atoms with Crippen LogP contribution in [0, 0.1) is 0 Å². The molecule has 106 valence electrons. The lowest BCUT2D eigenvalue weighted by molar-refractivity contribution is 0.167. The molecule has 0 aliphatic carbocycles. The fourth-order valence-corrected chi connectivity index (χ4v) is 3.25. The molecule has 0 amide bonds. The second-order valence-corrected chi connectivity index (χ2v) is 6.43.